The number of halogens is 2. The number of carbonyl (C=O) groups is 1. The average Bonchev–Trinajstić information content (AvgIpc) is 3.40. The first-order chi connectivity index (χ1) is 17.0. The Labute approximate surface area is 230 Å². The monoisotopic (exact) mass is 557 g/mol. The van der Waals surface area contributed by atoms with Crippen LogP contribution in [0.15, 0.2) is 40.8 Å². The van der Waals surface area contributed by atoms with E-state index in [0.717, 1.165) is 30.4 Å². The van der Waals surface area contributed by atoms with Crippen molar-refractivity contribution in [3.63, 3.8) is 0 Å². The molecular weight excluding hydrogens is 533 g/mol. The zero-order valence-electron chi connectivity index (χ0n) is 20.1. The molecule has 1 atom stereocenters. The Morgan fingerprint density at radius 3 is 2.64 bits per heavy atom. The number of thiocarbonyl (C=S) groups is 1. The number of fused-ring (bicyclic) bond motifs is 1. The molecule has 0 radical (unpaired) electrons. The third-order valence-electron chi connectivity index (χ3n) is 6.24. The third-order valence-corrected chi connectivity index (χ3v) is 8.05. The summed E-state index contributed by atoms with van der Waals surface area (Å²) in [6.07, 6.45) is 5.78. The Hall–Kier alpha value is -2.63. The van der Waals surface area contributed by atoms with Crippen molar-refractivity contribution < 1.29 is 9.21 Å². The number of hydrogen-bond donors (Lipinski definition) is 2. The first-order valence-electron chi connectivity index (χ1n) is 11.4. The van der Waals surface area contributed by atoms with Crippen molar-refractivity contribution in [2.24, 2.45) is 11.3 Å². The largest absolute Gasteiger partial charge is 0.457 e. The molecular formula is C27H25Cl2N3O2S2. The van der Waals surface area contributed by atoms with E-state index in [-0.39, 0.29) is 10.5 Å². The minimum absolute atomic E-state index is 0.140. The highest BCUT2D eigenvalue weighted by Gasteiger charge is 2.32. The summed E-state index contributed by atoms with van der Waals surface area (Å²) in [5.41, 5.74) is 2.68. The van der Waals surface area contributed by atoms with Crippen LogP contribution in [0.5, 0.6) is 0 Å². The zero-order valence-corrected chi connectivity index (χ0v) is 23.2. The molecule has 1 aromatic carbocycles. The van der Waals surface area contributed by atoms with Crippen LogP contribution in [0.1, 0.15) is 49.0 Å². The molecule has 36 heavy (non-hydrogen) atoms. The molecule has 0 saturated carbocycles. The Bertz CT molecular complexity index is 1370. The van der Waals surface area contributed by atoms with E-state index in [1.54, 1.807) is 47.7 Å². The Morgan fingerprint density at radius 2 is 1.97 bits per heavy atom. The van der Waals surface area contributed by atoms with Gasteiger partial charge in [-0.15, -0.1) is 11.3 Å². The lowest BCUT2D eigenvalue weighted by Gasteiger charge is -2.33. The van der Waals surface area contributed by atoms with Gasteiger partial charge in [0, 0.05) is 26.6 Å². The molecule has 1 aliphatic rings. The highest BCUT2D eigenvalue weighted by atomic mass is 35.5. The smallest absolute Gasteiger partial charge is 0.250 e. The van der Waals surface area contributed by atoms with E-state index in [1.807, 2.05) is 0 Å². The van der Waals surface area contributed by atoms with E-state index in [2.05, 4.69) is 37.5 Å². The van der Waals surface area contributed by atoms with E-state index < -0.39 is 5.91 Å². The number of nitrogens with zero attached hydrogens (tertiary/aromatic N) is 1. The van der Waals surface area contributed by atoms with Crippen molar-refractivity contribution in [2.45, 2.75) is 40.0 Å². The Balaban J connectivity index is 1.38. The first-order valence-corrected chi connectivity index (χ1v) is 13.4. The van der Waals surface area contributed by atoms with Gasteiger partial charge in [-0.05, 0) is 84.8 Å². The normalized spacial score (nSPS) is 15.4. The molecule has 1 amide bonds. The van der Waals surface area contributed by atoms with E-state index >= 15 is 0 Å². The Kier molecular flexibility index (Phi) is 7.91. The summed E-state index contributed by atoms with van der Waals surface area (Å²) in [4.78, 5) is 13.6. The molecule has 4 rings (SSSR count). The van der Waals surface area contributed by atoms with Crippen molar-refractivity contribution in [1.82, 2.24) is 5.32 Å². The third kappa shape index (κ3) is 6.19. The number of furan rings is 1. The number of benzene rings is 1. The van der Waals surface area contributed by atoms with Gasteiger partial charge in [0.2, 0.25) is 5.91 Å². The first kappa shape index (κ1) is 26.4. The van der Waals surface area contributed by atoms with E-state index in [0.29, 0.717) is 38.0 Å². The summed E-state index contributed by atoms with van der Waals surface area (Å²) < 4.78 is 5.77. The number of hydrogen-bond acceptors (Lipinski definition) is 5. The van der Waals surface area contributed by atoms with Crippen LogP contribution in [0, 0.1) is 22.7 Å². The average molecular weight is 559 g/mol. The number of anilines is 1. The number of nitriles is 1. The molecule has 2 N–H and O–H groups in total. The predicted octanol–water partition coefficient (Wildman–Crippen LogP) is 7.86. The number of amides is 1. The molecule has 2 heterocycles. The van der Waals surface area contributed by atoms with Crippen LogP contribution in [-0.2, 0) is 17.6 Å². The standard InChI is InChI=1S/C27H25Cl2N3O2S2/c1-27(2,3)16-4-7-20-21(14-30)25(36-23(20)12-16)32-26(35)31-24(33)9-6-19-5-8-22(34-19)15-10-17(28)13-18(29)11-15/h5-6,8-11,13,16H,4,7,12H2,1-3H3,(H2,31,32,33,35)/b9-6+. The van der Waals surface area contributed by atoms with Gasteiger partial charge in [0.05, 0.1) is 5.56 Å². The van der Waals surface area contributed by atoms with Crippen LogP contribution in [-0.4, -0.2) is 11.0 Å². The Morgan fingerprint density at radius 1 is 1.25 bits per heavy atom. The zero-order chi connectivity index (χ0) is 26.0. The maximum atomic E-state index is 12.4. The predicted molar refractivity (Wildman–Crippen MR) is 152 cm³/mol. The molecule has 9 heteroatoms. The summed E-state index contributed by atoms with van der Waals surface area (Å²) >= 11 is 19.0. The van der Waals surface area contributed by atoms with Crippen molar-refractivity contribution in [2.75, 3.05) is 5.32 Å². The van der Waals surface area contributed by atoms with Gasteiger partial charge < -0.3 is 9.73 Å². The van der Waals surface area contributed by atoms with Crippen LogP contribution in [0.4, 0.5) is 5.00 Å². The van der Waals surface area contributed by atoms with Crippen molar-refractivity contribution in [3.8, 4) is 17.4 Å². The molecule has 0 saturated heterocycles. The van der Waals surface area contributed by atoms with Crippen LogP contribution in [0.25, 0.3) is 17.4 Å². The maximum absolute atomic E-state index is 12.4. The fourth-order valence-electron chi connectivity index (χ4n) is 4.27. The highest BCUT2D eigenvalue weighted by molar-refractivity contribution is 7.80. The molecule has 0 spiro atoms. The minimum Gasteiger partial charge on any atom is -0.457 e. The minimum atomic E-state index is -0.413. The van der Waals surface area contributed by atoms with Gasteiger partial charge in [0.25, 0.3) is 0 Å². The number of rotatable bonds is 4. The van der Waals surface area contributed by atoms with Gasteiger partial charge in [-0.25, -0.2) is 0 Å². The van der Waals surface area contributed by atoms with Crippen molar-refractivity contribution in [3.05, 3.63) is 68.2 Å². The maximum Gasteiger partial charge on any atom is 0.250 e. The summed E-state index contributed by atoms with van der Waals surface area (Å²) in [5, 5.41) is 17.3. The molecule has 1 unspecified atom stereocenters. The molecule has 2 aromatic heterocycles. The van der Waals surface area contributed by atoms with Gasteiger partial charge in [-0.3, -0.25) is 10.1 Å². The quantitative estimate of drug-likeness (QED) is 0.252. The van der Waals surface area contributed by atoms with Crippen LogP contribution in [0.2, 0.25) is 10.0 Å². The second-order valence-corrected chi connectivity index (χ2v) is 12.1. The second kappa shape index (κ2) is 10.8. The van der Waals surface area contributed by atoms with Gasteiger partial charge in [0.1, 0.15) is 22.6 Å². The van der Waals surface area contributed by atoms with E-state index in [4.69, 9.17) is 39.8 Å². The van der Waals surface area contributed by atoms with Gasteiger partial charge in [0.15, 0.2) is 5.11 Å². The number of nitrogens with one attached hydrogen (secondary N) is 2. The van der Waals surface area contributed by atoms with E-state index in [1.165, 1.54) is 11.0 Å². The topological polar surface area (TPSA) is 78.1 Å². The molecule has 0 fully saturated rings. The molecule has 186 valence electrons. The van der Waals surface area contributed by atoms with Crippen molar-refractivity contribution >= 4 is 68.9 Å². The second-order valence-electron chi connectivity index (χ2n) is 9.76. The number of thiophene rings is 1. The summed E-state index contributed by atoms with van der Waals surface area (Å²) in [7, 11) is 0. The lowest BCUT2D eigenvalue weighted by molar-refractivity contribution is -0.115. The summed E-state index contributed by atoms with van der Waals surface area (Å²) in [5.74, 6) is 1.22. The fraction of sp³-hybridized carbons (Fsp3) is 0.296. The summed E-state index contributed by atoms with van der Waals surface area (Å²) in [6, 6.07) is 11.0. The van der Waals surface area contributed by atoms with Crippen LogP contribution in [0.3, 0.4) is 0 Å². The summed E-state index contributed by atoms with van der Waals surface area (Å²) in [6.45, 7) is 6.78. The molecule has 0 bridgehead atoms. The van der Waals surface area contributed by atoms with Gasteiger partial charge in [-0.1, -0.05) is 44.0 Å². The molecule has 3 aromatic rings. The van der Waals surface area contributed by atoms with Gasteiger partial charge in [-0.2, -0.15) is 5.26 Å². The highest BCUT2D eigenvalue weighted by Crippen LogP contribution is 2.44. The van der Waals surface area contributed by atoms with Crippen LogP contribution < -0.4 is 10.6 Å². The fourth-order valence-corrected chi connectivity index (χ4v) is 6.35. The number of carbonyl (C=O) groups excluding carboxylic acids is 1. The van der Waals surface area contributed by atoms with Crippen LogP contribution >= 0.6 is 46.8 Å². The SMILES string of the molecule is CC(C)(C)C1CCc2c(sc(NC(=S)NC(=O)/C=C/c3ccc(-c4cc(Cl)cc(Cl)c4)o3)c2C#N)C1. The molecule has 5 nitrogen and oxygen atoms in total. The lowest BCUT2D eigenvalue weighted by atomic mass is 9.72. The van der Waals surface area contributed by atoms with E-state index in [9.17, 15) is 10.1 Å². The molecule has 1 aliphatic carbocycles. The molecule has 0 aliphatic heterocycles. The van der Waals surface area contributed by atoms with Crippen molar-refractivity contribution in [1.29, 1.82) is 5.26 Å². The lowest BCUT2D eigenvalue weighted by Crippen LogP contribution is -2.32. The van der Waals surface area contributed by atoms with Gasteiger partial charge >= 0.3 is 0 Å².